The number of allylic oxidation sites excluding steroid dienone is 6. The zero-order valence-corrected chi connectivity index (χ0v) is 17.4. The summed E-state index contributed by atoms with van der Waals surface area (Å²) in [6.07, 6.45) is 14.9. The first kappa shape index (κ1) is 23.9. The molecule has 2 atom stereocenters. The van der Waals surface area contributed by atoms with E-state index in [2.05, 4.69) is 53.9 Å². The van der Waals surface area contributed by atoms with E-state index >= 15 is 0 Å². The summed E-state index contributed by atoms with van der Waals surface area (Å²) >= 11 is 0. The predicted molar refractivity (Wildman–Crippen MR) is 112 cm³/mol. The molecule has 0 aromatic heterocycles. The highest BCUT2D eigenvalue weighted by Gasteiger charge is 2.09. The summed E-state index contributed by atoms with van der Waals surface area (Å²) in [7, 11) is 0. The van der Waals surface area contributed by atoms with Gasteiger partial charge in [0.15, 0.2) is 0 Å². The van der Waals surface area contributed by atoms with Crippen LogP contribution < -0.4 is 0 Å². The van der Waals surface area contributed by atoms with Gasteiger partial charge in [-0.25, -0.2) is 4.39 Å². The van der Waals surface area contributed by atoms with E-state index in [1.807, 2.05) is 0 Å². The fourth-order valence-corrected chi connectivity index (χ4v) is 2.95. The first-order valence-electron chi connectivity index (χ1n) is 10.2. The zero-order chi connectivity index (χ0) is 19.2. The van der Waals surface area contributed by atoms with E-state index in [1.54, 1.807) is 6.08 Å². The van der Waals surface area contributed by atoms with Crippen molar-refractivity contribution in [2.75, 3.05) is 0 Å². The van der Waals surface area contributed by atoms with Crippen molar-refractivity contribution in [1.82, 2.24) is 0 Å². The molecular formula is C24H41F. The van der Waals surface area contributed by atoms with Gasteiger partial charge < -0.3 is 0 Å². The highest BCUT2D eigenvalue weighted by atomic mass is 19.1. The molecule has 0 aliphatic heterocycles. The lowest BCUT2D eigenvalue weighted by Crippen LogP contribution is -2.02. The molecule has 0 aliphatic rings. The largest absolute Gasteiger partial charge is 0.207 e. The molecule has 0 saturated carbocycles. The summed E-state index contributed by atoms with van der Waals surface area (Å²) in [5, 5.41) is 0. The van der Waals surface area contributed by atoms with Crippen LogP contribution in [-0.4, -0.2) is 0 Å². The molecule has 1 heteroatoms. The molecule has 0 aromatic rings. The van der Waals surface area contributed by atoms with Crippen LogP contribution in [0.5, 0.6) is 0 Å². The van der Waals surface area contributed by atoms with E-state index in [0.29, 0.717) is 11.8 Å². The molecule has 25 heavy (non-hydrogen) atoms. The third-order valence-corrected chi connectivity index (χ3v) is 5.10. The summed E-state index contributed by atoms with van der Waals surface area (Å²) in [6, 6.07) is 0. The van der Waals surface area contributed by atoms with Crippen molar-refractivity contribution >= 4 is 0 Å². The highest BCUT2D eigenvalue weighted by molar-refractivity contribution is 5.26. The molecule has 0 N–H and O–H groups in total. The number of halogens is 1. The zero-order valence-electron chi connectivity index (χ0n) is 17.4. The molecule has 0 saturated heterocycles. The van der Waals surface area contributed by atoms with Gasteiger partial charge in [-0.15, -0.1) is 0 Å². The lowest BCUT2D eigenvalue weighted by Gasteiger charge is -2.17. The van der Waals surface area contributed by atoms with Crippen molar-refractivity contribution in [1.29, 1.82) is 0 Å². The maximum Gasteiger partial charge on any atom is 0.122 e. The standard InChI is InChI=1S/C24H41F/c1-8-10-11-13-20(5)16-17-22(7)21(6)14-12-15-23(19(3)4)18-24(25)9-2/h9,15,18-21H,2,7-8,10-14,16-17H2,1,3-6H3/b23-15+,24-18+. The Balaban J connectivity index is 4.30. The van der Waals surface area contributed by atoms with Gasteiger partial charge in [0.1, 0.15) is 5.83 Å². The summed E-state index contributed by atoms with van der Waals surface area (Å²) < 4.78 is 13.4. The first-order chi connectivity index (χ1) is 11.8. The van der Waals surface area contributed by atoms with E-state index in [1.165, 1.54) is 43.8 Å². The molecule has 2 unspecified atom stereocenters. The summed E-state index contributed by atoms with van der Waals surface area (Å²) in [5.74, 6) is 1.40. The van der Waals surface area contributed by atoms with Crippen LogP contribution in [0.4, 0.5) is 4.39 Å². The average Bonchev–Trinajstić information content (AvgIpc) is 2.58. The second-order valence-electron chi connectivity index (χ2n) is 7.87. The Morgan fingerprint density at radius 3 is 2.28 bits per heavy atom. The van der Waals surface area contributed by atoms with Crippen molar-refractivity contribution < 1.29 is 4.39 Å². The molecule has 0 heterocycles. The van der Waals surface area contributed by atoms with Gasteiger partial charge in [0.2, 0.25) is 0 Å². The van der Waals surface area contributed by atoms with Gasteiger partial charge >= 0.3 is 0 Å². The summed E-state index contributed by atoms with van der Waals surface area (Å²) in [5.41, 5.74) is 2.43. The van der Waals surface area contributed by atoms with Gasteiger partial charge in [0, 0.05) is 0 Å². The number of rotatable bonds is 14. The molecule has 0 nitrogen and oxygen atoms in total. The minimum absolute atomic E-state index is 0.255. The van der Waals surface area contributed by atoms with Crippen molar-refractivity contribution in [2.45, 2.75) is 86.0 Å². The normalized spacial score (nSPS) is 15.3. The van der Waals surface area contributed by atoms with Crippen LogP contribution in [0.15, 0.2) is 48.4 Å². The Morgan fingerprint density at radius 1 is 1.04 bits per heavy atom. The fourth-order valence-electron chi connectivity index (χ4n) is 2.95. The molecule has 0 rings (SSSR count). The van der Waals surface area contributed by atoms with Crippen LogP contribution >= 0.6 is 0 Å². The number of hydrogen-bond acceptors (Lipinski definition) is 0. The topological polar surface area (TPSA) is 0 Å². The van der Waals surface area contributed by atoms with Crippen LogP contribution in [0.2, 0.25) is 0 Å². The summed E-state index contributed by atoms with van der Waals surface area (Å²) in [4.78, 5) is 0. The maximum absolute atomic E-state index is 13.4. The van der Waals surface area contributed by atoms with E-state index in [4.69, 9.17) is 0 Å². The van der Waals surface area contributed by atoms with Gasteiger partial charge in [0.25, 0.3) is 0 Å². The van der Waals surface area contributed by atoms with Crippen molar-refractivity contribution in [2.24, 2.45) is 17.8 Å². The lowest BCUT2D eigenvalue weighted by molar-refractivity contribution is 0.451. The SMILES string of the molecule is C=C/C(F)=C\C(=C/CCC(C)C(=C)CCC(C)CCCCC)C(C)C. The van der Waals surface area contributed by atoms with Gasteiger partial charge in [-0.05, 0) is 61.2 Å². The van der Waals surface area contributed by atoms with Crippen LogP contribution in [0.25, 0.3) is 0 Å². The Bertz CT molecular complexity index is 439. The minimum atomic E-state index is -0.255. The van der Waals surface area contributed by atoms with Crippen LogP contribution in [-0.2, 0) is 0 Å². The highest BCUT2D eigenvalue weighted by Crippen LogP contribution is 2.25. The average molecular weight is 349 g/mol. The van der Waals surface area contributed by atoms with Crippen molar-refractivity contribution in [3.8, 4) is 0 Å². The Hall–Kier alpha value is -1.11. The van der Waals surface area contributed by atoms with E-state index in [0.717, 1.165) is 30.8 Å². The molecule has 0 aliphatic carbocycles. The van der Waals surface area contributed by atoms with Crippen molar-refractivity contribution in [3.05, 3.63) is 48.4 Å². The van der Waals surface area contributed by atoms with Gasteiger partial charge in [0.05, 0.1) is 0 Å². The molecule has 0 amide bonds. The van der Waals surface area contributed by atoms with Gasteiger partial charge in [-0.3, -0.25) is 0 Å². The molecule has 0 aromatic carbocycles. The Kier molecular flexibility index (Phi) is 13.5. The second-order valence-corrected chi connectivity index (χ2v) is 7.87. The Labute approximate surface area is 157 Å². The molecule has 0 spiro atoms. The molecule has 0 bridgehead atoms. The smallest absolute Gasteiger partial charge is 0.122 e. The lowest BCUT2D eigenvalue weighted by atomic mass is 9.89. The number of unbranched alkanes of at least 4 members (excludes halogenated alkanes) is 2. The van der Waals surface area contributed by atoms with Crippen molar-refractivity contribution in [3.63, 3.8) is 0 Å². The van der Waals surface area contributed by atoms with Crippen LogP contribution in [0.1, 0.15) is 86.0 Å². The second kappa shape index (κ2) is 14.1. The Morgan fingerprint density at radius 2 is 1.72 bits per heavy atom. The maximum atomic E-state index is 13.4. The monoisotopic (exact) mass is 348 g/mol. The quantitative estimate of drug-likeness (QED) is 0.167. The predicted octanol–water partition coefficient (Wildman–Crippen LogP) is 8.58. The molecule has 0 fully saturated rings. The van der Waals surface area contributed by atoms with E-state index in [9.17, 15) is 4.39 Å². The first-order valence-corrected chi connectivity index (χ1v) is 10.2. The summed E-state index contributed by atoms with van der Waals surface area (Å²) in [6.45, 7) is 18.9. The van der Waals surface area contributed by atoms with Crippen LogP contribution in [0.3, 0.4) is 0 Å². The van der Waals surface area contributed by atoms with E-state index in [-0.39, 0.29) is 5.83 Å². The third-order valence-electron chi connectivity index (χ3n) is 5.10. The minimum Gasteiger partial charge on any atom is -0.207 e. The molecule has 0 radical (unpaired) electrons. The van der Waals surface area contributed by atoms with E-state index < -0.39 is 0 Å². The molecule has 144 valence electrons. The third kappa shape index (κ3) is 12.0. The van der Waals surface area contributed by atoms with Gasteiger partial charge in [-0.1, -0.05) is 85.1 Å². The van der Waals surface area contributed by atoms with Crippen LogP contribution in [0, 0.1) is 17.8 Å². The van der Waals surface area contributed by atoms with Gasteiger partial charge in [-0.2, -0.15) is 0 Å². The number of hydrogen-bond donors (Lipinski definition) is 0. The molecular weight excluding hydrogens is 307 g/mol. The fraction of sp³-hybridized carbons (Fsp3) is 0.667.